The van der Waals surface area contributed by atoms with Gasteiger partial charge in [0.05, 0.1) is 34.8 Å². The maximum atomic E-state index is 12.7. The smallest absolute Gasteiger partial charge is 0.253 e. The molecule has 1 aromatic carbocycles. The molecule has 2 heterocycles. The Hall–Kier alpha value is -2.61. The molecule has 5 N–H and O–H groups in total. The van der Waals surface area contributed by atoms with Crippen LogP contribution in [-0.2, 0) is 6.42 Å². The minimum atomic E-state index is -0.341. The number of halogens is 2. The molecule has 9 heteroatoms. The van der Waals surface area contributed by atoms with Gasteiger partial charge in [-0.15, -0.1) is 0 Å². The molecule has 3 rings (SSSR count). The number of carbonyl (C=O) groups excluding carboxylic acids is 1. The molecule has 0 spiro atoms. The van der Waals surface area contributed by atoms with E-state index in [0.717, 1.165) is 17.5 Å². The van der Waals surface area contributed by atoms with E-state index in [1.807, 2.05) is 13.0 Å². The number of anilines is 1. The van der Waals surface area contributed by atoms with Gasteiger partial charge in [0, 0.05) is 17.1 Å². The van der Waals surface area contributed by atoms with Crippen LogP contribution >= 0.6 is 23.2 Å². The van der Waals surface area contributed by atoms with Crippen LogP contribution in [0.15, 0.2) is 30.5 Å². The molecule has 0 bridgehead atoms. The lowest BCUT2D eigenvalue weighted by atomic mass is 9.99. The monoisotopic (exact) mass is 419 g/mol. The van der Waals surface area contributed by atoms with Gasteiger partial charge in [-0.05, 0) is 30.2 Å². The highest BCUT2D eigenvalue weighted by Gasteiger charge is 2.21. The third kappa shape index (κ3) is 4.11. The van der Waals surface area contributed by atoms with Gasteiger partial charge in [0.2, 0.25) is 5.95 Å². The van der Waals surface area contributed by atoms with Gasteiger partial charge in [-0.1, -0.05) is 36.2 Å². The number of aromatic nitrogens is 3. The average Bonchev–Trinajstić information content (AvgIpc) is 3.13. The number of aliphatic hydroxyl groups excluding tert-OH is 1. The van der Waals surface area contributed by atoms with E-state index >= 15 is 0 Å². The van der Waals surface area contributed by atoms with Crippen molar-refractivity contribution in [3.05, 3.63) is 51.6 Å². The summed E-state index contributed by atoms with van der Waals surface area (Å²) in [6, 6.07) is 7.18. The van der Waals surface area contributed by atoms with Gasteiger partial charge < -0.3 is 21.1 Å². The number of aryl methyl sites for hydroxylation is 1. The Balaban J connectivity index is 2.20. The Morgan fingerprint density at radius 2 is 2.11 bits per heavy atom. The van der Waals surface area contributed by atoms with Crippen LogP contribution in [0.25, 0.3) is 22.6 Å². The van der Waals surface area contributed by atoms with Crippen molar-refractivity contribution >= 4 is 35.1 Å². The second-order valence-corrected chi connectivity index (χ2v) is 6.87. The lowest BCUT2D eigenvalue weighted by molar-refractivity contribution is 0.0945. The second kappa shape index (κ2) is 8.60. The number of rotatable bonds is 6. The fourth-order valence-electron chi connectivity index (χ4n) is 2.90. The molecule has 0 aliphatic rings. The van der Waals surface area contributed by atoms with Crippen LogP contribution < -0.4 is 11.1 Å². The summed E-state index contributed by atoms with van der Waals surface area (Å²) in [6.45, 7) is 1.99. The van der Waals surface area contributed by atoms with Crippen LogP contribution in [0.2, 0.25) is 10.0 Å². The van der Waals surface area contributed by atoms with Crippen molar-refractivity contribution in [3.63, 3.8) is 0 Å². The number of H-pyrrole nitrogens is 1. The molecule has 28 heavy (non-hydrogen) atoms. The van der Waals surface area contributed by atoms with Crippen LogP contribution in [-0.4, -0.2) is 39.1 Å². The Morgan fingerprint density at radius 3 is 2.82 bits per heavy atom. The first kappa shape index (κ1) is 20.1. The number of aromatic amines is 1. The van der Waals surface area contributed by atoms with E-state index in [2.05, 4.69) is 20.3 Å². The fraction of sp³-hybridized carbons (Fsp3) is 0.211. The third-order valence-corrected chi connectivity index (χ3v) is 4.71. The second-order valence-electron chi connectivity index (χ2n) is 6.03. The number of nitrogens with two attached hydrogens (primary N) is 1. The Labute approximate surface area is 171 Å². The van der Waals surface area contributed by atoms with Crippen molar-refractivity contribution in [3.8, 4) is 22.6 Å². The van der Waals surface area contributed by atoms with E-state index in [1.54, 1.807) is 18.2 Å². The first-order chi connectivity index (χ1) is 13.4. The molecule has 0 radical (unpaired) electrons. The highest BCUT2D eigenvalue weighted by Crippen LogP contribution is 2.34. The van der Waals surface area contributed by atoms with Gasteiger partial charge >= 0.3 is 0 Å². The number of carbonyl (C=O) groups is 1. The highest BCUT2D eigenvalue weighted by molar-refractivity contribution is 6.33. The molecular formula is C19H19Cl2N5O2. The van der Waals surface area contributed by atoms with E-state index in [4.69, 9.17) is 34.0 Å². The number of aliphatic hydroxyl groups is 1. The zero-order chi connectivity index (χ0) is 20.3. The Bertz CT molecular complexity index is 1020. The number of nitrogens with zero attached hydrogens (tertiary/aromatic N) is 2. The van der Waals surface area contributed by atoms with Crippen LogP contribution in [0.4, 0.5) is 5.95 Å². The van der Waals surface area contributed by atoms with Gasteiger partial charge in [-0.2, -0.15) is 0 Å². The summed E-state index contributed by atoms with van der Waals surface area (Å²) in [5.41, 5.74) is 9.38. The van der Waals surface area contributed by atoms with Crippen molar-refractivity contribution in [2.75, 3.05) is 18.9 Å². The Kier molecular flexibility index (Phi) is 6.18. The summed E-state index contributed by atoms with van der Waals surface area (Å²) in [5.74, 6) is -0.273. The number of nitrogens with one attached hydrogen (secondary N) is 2. The van der Waals surface area contributed by atoms with Gasteiger partial charge in [0.15, 0.2) is 0 Å². The summed E-state index contributed by atoms with van der Waals surface area (Å²) in [4.78, 5) is 24.0. The molecule has 0 saturated heterocycles. The molecule has 146 valence electrons. The first-order valence-corrected chi connectivity index (χ1v) is 9.39. The summed E-state index contributed by atoms with van der Waals surface area (Å²) in [5, 5.41) is 12.5. The number of hydrogen-bond donors (Lipinski definition) is 4. The van der Waals surface area contributed by atoms with Crippen LogP contribution in [0.1, 0.15) is 22.8 Å². The molecule has 7 nitrogen and oxygen atoms in total. The Morgan fingerprint density at radius 1 is 1.32 bits per heavy atom. The molecular weight excluding hydrogens is 401 g/mol. The zero-order valence-electron chi connectivity index (χ0n) is 15.1. The molecule has 2 aromatic heterocycles. The predicted octanol–water partition coefficient (Wildman–Crippen LogP) is 3.31. The van der Waals surface area contributed by atoms with Crippen LogP contribution in [0.5, 0.6) is 0 Å². The van der Waals surface area contributed by atoms with Gasteiger partial charge in [-0.25, -0.2) is 9.97 Å². The van der Waals surface area contributed by atoms with Crippen molar-refractivity contribution in [2.24, 2.45) is 0 Å². The summed E-state index contributed by atoms with van der Waals surface area (Å²) >= 11 is 12.4. The predicted molar refractivity (Wildman–Crippen MR) is 110 cm³/mol. The molecule has 0 aliphatic carbocycles. The molecule has 0 saturated carbocycles. The minimum Gasteiger partial charge on any atom is -0.395 e. The highest BCUT2D eigenvalue weighted by atomic mass is 35.5. The van der Waals surface area contributed by atoms with Crippen LogP contribution in [0.3, 0.4) is 0 Å². The average molecular weight is 420 g/mol. The van der Waals surface area contributed by atoms with E-state index in [9.17, 15) is 4.79 Å². The SMILES string of the molecule is CCc1ccc(Cl)cc1-c1[nH]c(-c2nc(N)ncc2Cl)cc1C(=O)NCCO. The summed E-state index contributed by atoms with van der Waals surface area (Å²) in [6.07, 6.45) is 2.15. The van der Waals surface area contributed by atoms with E-state index in [-0.39, 0.29) is 25.0 Å². The molecule has 0 unspecified atom stereocenters. The maximum absolute atomic E-state index is 12.7. The van der Waals surface area contributed by atoms with Crippen molar-refractivity contribution in [1.29, 1.82) is 0 Å². The first-order valence-electron chi connectivity index (χ1n) is 8.63. The number of nitrogen functional groups attached to an aromatic ring is 1. The third-order valence-electron chi connectivity index (χ3n) is 4.20. The molecule has 3 aromatic rings. The van der Waals surface area contributed by atoms with Gasteiger partial charge in [-0.3, -0.25) is 4.79 Å². The number of hydrogen-bond acceptors (Lipinski definition) is 5. The van der Waals surface area contributed by atoms with Gasteiger partial charge in [0.25, 0.3) is 5.91 Å². The zero-order valence-corrected chi connectivity index (χ0v) is 16.6. The number of amides is 1. The van der Waals surface area contributed by atoms with E-state index in [1.165, 1.54) is 6.20 Å². The van der Waals surface area contributed by atoms with Crippen molar-refractivity contribution in [1.82, 2.24) is 20.3 Å². The molecule has 0 fully saturated rings. The van der Waals surface area contributed by atoms with Gasteiger partial charge in [0.1, 0.15) is 5.69 Å². The van der Waals surface area contributed by atoms with Crippen LogP contribution in [0, 0.1) is 0 Å². The molecule has 0 atom stereocenters. The molecule has 0 aliphatic heterocycles. The maximum Gasteiger partial charge on any atom is 0.253 e. The largest absolute Gasteiger partial charge is 0.395 e. The normalized spacial score (nSPS) is 10.9. The van der Waals surface area contributed by atoms with Crippen molar-refractivity contribution < 1.29 is 9.90 Å². The number of benzene rings is 1. The minimum absolute atomic E-state index is 0.0684. The quantitative estimate of drug-likeness (QED) is 0.488. The lowest BCUT2D eigenvalue weighted by Gasteiger charge is -2.10. The summed E-state index contributed by atoms with van der Waals surface area (Å²) in [7, 11) is 0. The van der Waals surface area contributed by atoms with E-state index in [0.29, 0.717) is 32.7 Å². The molecule has 1 amide bonds. The van der Waals surface area contributed by atoms with E-state index < -0.39 is 0 Å². The standard InChI is InChI=1S/C19H19Cl2N5O2/c1-2-10-3-4-11(20)7-12(10)16-13(18(28)23-5-6-27)8-15(25-16)17-14(21)9-24-19(22)26-17/h3-4,7-9,25,27H,2,5-6H2,1H3,(H,23,28)(H2,22,24,26). The fourth-order valence-corrected chi connectivity index (χ4v) is 3.26. The van der Waals surface area contributed by atoms with Crippen molar-refractivity contribution in [2.45, 2.75) is 13.3 Å². The topological polar surface area (TPSA) is 117 Å². The lowest BCUT2D eigenvalue weighted by Crippen LogP contribution is -2.26. The summed E-state index contributed by atoms with van der Waals surface area (Å²) < 4.78 is 0.